The lowest BCUT2D eigenvalue weighted by atomic mass is 10.1. The minimum Gasteiger partial charge on any atom is -0.375 e. The van der Waals surface area contributed by atoms with E-state index in [9.17, 15) is 13.2 Å². The maximum atomic E-state index is 12.4. The smallest absolute Gasteiger partial charge is 0.256 e. The summed E-state index contributed by atoms with van der Waals surface area (Å²) in [5.74, 6) is -0.142. The van der Waals surface area contributed by atoms with Gasteiger partial charge in [-0.15, -0.1) is 4.40 Å². The predicted octanol–water partition coefficient (Wildman–Crippen LogP) is 1.13. The molecular formula is C18H22N4O3S. The normalized spacial score (nSPS) is 17.8. The first kappa shape index (κ1) is 18.2. The highest BCUT2D eigenvalue weighted by atomic mass is 32.2. The van der Waals surface area contributed by atoms with Gasteiger partial charge in [-0.25, -0.2) is 8.42 Å². The Morgan fingerprint density at radius 1 is 1.31 bits per heavy atom. The molecular weight excluding hydrogens is 352 g/mol. The summed E-state index contributed by atoms with van der Waals surface area (Å²) in [6.07, 6.45) is 5.84. The van der Waals surface area contributed by atoms with Crippen LogP contribution in [0.15, 0.2) is 58.7 Å². The molecule has 7 nitrogen and oxygen atoms in total. The molecule has 0 bridgehead atoms. The molecule has 0 radical (unpaired) electrons. The number of nitrogens with zero attached hydrogens (tertiary/aromatic N) is 3. The molecule has 26 heavy (non-hydrogen) atoms. The number of rotatable bonds is 6. The summed E-state index contributed by atoms with van der Waals surface area (Å²) >= 11 is 0. The molecule has 0 saturated carbocycles. The number of sulfonamides is 1. The van der Waals surface area contributed by atoms with Gasteiger partial charge in [0.15, 0.2) is 5.84 Å². The summed E-state index contributed by atoms with van der Waals surface area (Å²) in [5.41, 5.74) is 1.41. The number of allylic oxidation sites excluding steroid dienone is 2. The highest BCUT2D eigenvalue weighted by Gasteiger charge is 2.29. The van der Waals surface area contributed by atoms with Crippen LogP contribution in [0.5, 0.6) is 0 Å². The molecule has 1 aromatic rings. The van der Waals surface area contributed by atoms with Crippen LogP contribution in [0.4, 0.5) is 5.69 Å². The highest BCUT2D eigenvalue weighted by molar-refractivity contribution is 7.90. The van der Waals surface area contributed by atoms with E-state index in [1.165, 1.54) is 0 Å². The molecule has 2 aliphatic rings. The monoisotopic (exact) mass is 374 g/mol. The van der Waals surface area contributed by atoms with Gasteiger partial charge in [-0.05, 0) is 30.7 Å². The molecule has 3 rings (SSSR count). The number of amidine groups is 1. The van der Waals surface area contributed by atoms with Crippen LogP contribution >= 0.6 is 0 Å². The van der Waals surface area contributed by atoms with Crippen molar-refractivity contribution in [2.75, 3.05) is 37.3 Å². The Morgan fingerprint density at radius 3 is 2.85 bits per heavy atom. The molecule has 0 spiro atoms. The Morgan fingerprint density at radius 2 is 2.08 bits per heavy atom. The molecule has 8 heteroatoms. The summed E-state index contributed by atoms with van der Waals surface area (Å²) in [7, 11) is -1.50. The Kier molecular flexibility index (Phi) is 5.41. The number of fused-ring (bicyclic) bond motifs is 1. The van der Waals surface area contributed by atoms with Gasteiger partial charge in [0.25, 0.3) is 15.9 Å². The van der Waals surface area contributed by atoms with Gasteiger partial charge in [0.2, 0.25) is 0 Å². The molecule has 0 aliphatic carbocycles. The maximum absolute atomic E-state index is 12.4. The van der Waals surface area contributed by atoms with Crippen LogP contribution in [0, 0.1) is 0 Å². The van der Waals surface area contributed by atoms with E-state index in [1.54, 1.807) is 23.3 Å². The number of para-hydroxylation sites is 1. The van der Waals surface area contributed by atoms with Crippen molar-refractivity contribution < 1.29 is 13.2 Å². The lowest BCUT2D eigenvalue weighted by Gasteiger charge is -2.28. The molecule has 1 amide bonds. The number of carbonyl (C=O) groups is 1. The quantitative estimate of drug-likeness (QED) is 0.755. The average Bonchev–Trinajstić information content (AvgIpc) is 2.64. The van der Waals surface area contributed by atoms with Crippen molar-refractivity contribution in [3.8, 4) is 0 Å². The van der Waals surface area contributed by atoms with E-state index in [4.69, 9.17) is 0 Å². The zero-order valence-corrected chi connectivity index (χ0v) is 15.4. The number of anilines is 1. The predicted molar refractivity (Wildman–Crippen MR) is 102 cm³/mol. The highest BCUT2D eigenvalue weighted by Crippen LogP contribution is 2.17. The second-order valence-corrected chi connectivity index (χ2v) is 7.94. The lowest BCUT2D eigenvalue weighted by molar-refractivity contribution is -0.117. The summed E-state index contributed by atoms with van der Waals surface area (Å²) < 4.78 is 27.2. The van der Waals surface area contributed by atoms with Crippen LogP contribution in [0.2, 0.25) is 0 Å². The second kappa shape index (κ2) is 7.74. The lowest BCUT2D eigenvalue weighted by Crippen LogP contribution is -2.42. The van der Waals surface area contributed by atoms with Gasteiger partial charge >= 0.3 is 0 Å². The summed E-state index contributed by atoms with van der Waals surface area (Å²) in [6, 6.07) is 10.0. The van der Waals surface area contributed by atoms with Crippen molar-refractivity contribution in [3.63, 3.8) is 0 Å². The SMILES string of the molecule is CN(CCCNC(=O)C1=CC=CN2CCS(=O)(=O)N=C12)c1ccccc1. The van der Waals surface area contributed by atoms with Gasteiger partial charge < -0.3 is 15.1 Å². The summed E-state index contributed by atoms with van der Waals surface area (Å²) in [5, 5.41) is 2.85. The fourth-order valence-corrected chi connectivity index (χ4v) is 3.80. The number of amides is 1. The van der Waals surface area contributed by atoms with Gasteiger partial charge in [-0.1, -0.05) is 18.2 Å². The van der Waals surface area contributed by atoms with E-state index in [1.807, 2.05) is 37.4 Å². The van der Waals surface area contributed by atoms with Gasteiger partial charge in [0, 0.05) is 38.6 Å². The van der Waals surface area contributed by atoms with Crippen molar-refractivity contribution in [2.45, 2.75) is 6.42 Å². The van der Waals surface area contributed by atoms with E-state index in [-0.39, 0.29) is 23.1 Å². The average molecular weight is 374 g/mol. The van der Waals surface area contributed by atoms with Crippen molar-refractivity contribution in [3.05, 3.63) is 54.3 Å². The molecule has 1 N–H and O–H groups in total. The number of hydrogen-bond donors (Lipinski definition) is 1. The van der Waals surface area contributed by atoms with E-state index in [0.717, 1.165) is 18.7 Å². The molecule has 0 saturated heterocycles. The molecule has 2 aliphatic heterocycles. The number of benzene rings is 1. The zero-order valence-electron chi connectivity index (χ0n) is 14.6. The standard InChI is InChI=1S/C18H22N4O3S/c1-21(15-7-3-2-4-8-15)11-6-10-19-18(23)16-9-5-12-22-13-14-26(24,25)20-17(16)22/h2-5,7-9,12H,6,10-11,13-14H2,1H3,(H,19,23). The summed E-state index contributed by atoms with van der Waals surface area (Å²) in [6.45, 7) is 1.60. The molecule has 138 valence electrons. The Hall–Kier alpha value is -2.61. The van der Waals surface area contributed by atoms with Crippen LogP contribution in [0.1, 0.15) is 6.42 Å². The third kappa shape index (κ3) is 4.32. The maximum Gasteiger partial charge on any atom is 0.256 e. The molecule has 0 aromatic heterocycles. The fourth-order valence-electron chi connectivity index (χ4n) is 2.82. The van der Waals surface area contributed by atoms with E-state index in [0.29, 0.717) is 13.1 Å². The first-order valence-electron chi connectivity index (χ1n) is 8.49. The first-order valence-corrected chi connectivity index (χ1v) is 10.1. The first-order chi connectivity index (χ1) is 12.5. The van der Waals surface area contributed by atoms with Crippen LogP contribution < -0.4 is 10.2 Å². The molecule has 0 fully saturated rings. The minimum absolute atomic E-state index is 0.0401. The molecule has 2 heterocycles. The largest absolute Gasteiger partial charge is 0.375 e. The number of hydrogen-bond acceptors (Lipinski definition) is 5. The minimum atomic E-state index is -3.50. The molecule has 0 unspecified atom stereocenters. The van der Waals surface area contributed by atoms with Crippen molar-refractivity contribution in [1.29, 1.82) is 0 Å². The third-order valence-corrected chi connectivity index (χ3v) is 5.40. The second-order valence-electron chi connectivity index (χ2n) is 6.18. The van der Waals surface area contributed by atoms with Crippen LogP contribution in [-0.2, 0) is 14.8 Å². The van der Waals surface area contributed by atoms with E-state index >= 15 is 0 Å². The third-order valence-electron chi connectivity index (χ3n) is 4.26. The van der Waals surface area contributed by atoms with Crippen molar-refractivity contribution >= 4 is 27.5 Å². The van der Waals surface area contributed by atoms with E-state index < -0.39 is 10.0 Å². The number of nitrogens with one attached hydrogen (secondary N) is 1. The zero-order chi connectivity index (χ0) is 18.6. The van der Waals surface area contributed by atoms with Crippen LogP contribution in [0.25, 0.3) is 0 Å². The fraction of sp³-hybridized carbons (Fsp3) is 0.333. The van der Waals surface area contributed by atoms with E-state index in [2.05, 4.69) is 14.6 Å². The molecule has 1 aromatic carbocycles. The number of carbonyl (C=O) groups excluding carboxylic acids is 1. The van der Waals surface area contributed by atoms with Crippen molar-refractivity contribution in [1.82, 2.24) is 10.2 Å². The van der Waals surface area contributed by atoms with Crippen LogP contribution in [0.3, 0.4) is 0 Å². The van der Waals surface area contributed by atoms with Gasteiger partial charge in [0.05, 0.1) is 11.3 Å². The Bertz CT molecular complexity index is 860. The Balaban J connectivity index is 1.54. The van der Waals surface area contributed by atoms with Crippen LogP contribution in [-0.4, -0.2) is 57.5 Å². The van der Waals surface area contributed by atoms with Gasteiger partial charge in [-0.3, -0.25) is 4.79 Å². The summed E-state index contributed by atoms with van der Waals surface area (Å²) in [4.78, 5) is 16.3. The van der Waals surface area contributed by atoms with Crippen molar-refractivity contribution in [2.24, 2.45) is 4.40 Å². The molecule has 0 atom stereocenters. The topological polar surface area (TPSA) is 82.1 Å². The van der Waals surface area contributed by atoms with Gasteiger partial charge in [-0.2, -0.15) is 0 Å². The Labute approximate surface area is 153 Å². The van der Waals surface area contributed by atoms with Gasteiger partial charge in [0.1, 0.15) is 0 Å².